The molecule has 182 valence electrons. The summed E-state index contributed by atoms with van der Waals surface area (Å²) in [7, 11) is 0. The fraction of sp³-hybridized carbons (Fsp3) is 0.320. The lowest BCUT2D eigenvalue weighted by Crippen LogP contribution is -2.39. The number of benzene rings is 2. The minimum Gasteiger partial charge on any atom is -0.337 e. The van der Waals surface area contributed by atoms with Crippen LogP contribution in [-0.2, 0) is 11.2 Å². The molecule has 0 bridgehead atoms. The normalized spacial score (nSPS) is 13.9. The number of nitrogens with one attached hydrogen (secondary N) is 2. The van der Waals surface area contributed by atoms with Crippen molar-refractivity contribution in [1.82, 2.24) is 15.1 Å². The van der Waals surface area contributed by atoms with Crippen LogP contribution in [0.1, 0.15) is 51.4 Å². The van der Waals surface area contributed by atoms with Crippen molar-refractivity contribution in [2.24, 2.45) is 5.92 Å². The van der Waals surface area contributed by atoms with E-state index in [1.807, 2.05) is 24.3 Å². The highest BCUT2D eigenvalue weighted by Gasteiger charge is 2.28. The molecule has 0 spiro atoms. The Bertz CT molecular complexity index is 1210. The van der Waals surface area contributed by atoms with Gasteiger partial charge in [0.2, 0.25) is 15.9 Å². The lowest BCUT2D eigenvalue weighted by molar-refractivity contribution is -0.117. The molecule has 0 atom stereocenters. The molecule has 1 fully saturated rings. The number of likely N-dealkylation sites (tertiary alicyclic amines) is 1. The second kappa shape index (κ2) is 11.4. The molecule has 3 amide bonds. The fourth-order valence-corrected chi connectivity index (χ4v) is 4.77. The standard InChI is InChI=1S/C25H26ClN5O3S/c1-2-16-4-3-5-20(14-16)27-21(32)15-17-10-12-31(13-11-17)25(34)24-30-29-23(35-24)22(33)28-19-8-6-18(26)7-9-19/h3-9,14,17H,2,10-13,15H2,1H3,(H,27,32)(H,28,33). The third kappa shape index (κ3) is 6.64. The molecule has 2 heterocycles. The van der Waals surface area contributed by atoms with Gasteiger partial charge in [-0.05, 0) is 67.1 Å². The average molecular weight is 512 g/mol. The first kappa shape index (κ1) is 24.8. The van der Waals surface area contributed by atoms with Gasteiger partial charge in [-0.15, -0.1) is 10.2 Å². The summed E-state index contributed by atoms with van der Waals surface area (Å²) in [5.74, 6) is -0.475. The molecule has 0 aliphatic carbocycles. The van der Waals surface area contributed by atoms with E-state index < -0.39 is 5.91 Å². The van der Waals surface area contributed by atoms with Crippen LogP contribution in [0.3, 0.4) is 0 Å². The molecule has 0 unspecified atom stereocenters. The van der Waals surface area contributed by atoms with Crippen LogP contribution in [0.5, 0.6) is 0 Å². The molecule has 1 saturated heterocycles. The summed E-state index contributed by atoms with van der Waals surface area (Å²) in [4.78, 5) is 39.5. The average Bonchev–Trinajstić information content (AvgIpc) is 3.36. The van der Waals surface area contributed by atoms with E-state index in [4.69, 9.17) is 11.6 Å². The van der Waals surface area contributed by atoms with E-state index in [0.29, 0.717) is 30.2 Å². The number of nitrogens with zero attached hydrogens (tertiary/aromatic N) is 3. The minimum atomic E-state index is -0.432. The monoisotopic (exact) mass is 511 g/mol. The van der Waals surface area contributed by atoms with Crippen LogP contribution in [0.25, 0.3) is 0 Å². The maximum atomic E-state index is 12.9. The van der Waals surface area contributed by atoms with E-state index in [1.54, 1.807) is 29.2 Å². The third-order valence-electron chi connectivity index (χ3n) is 5.90. The molecule has 10 heteroatoms. The second-order valence-electron chi connectivity index (χ2n) is 8.42. The molecule has 1 aromatic heterocycles. The lowest BCUT2D eigenvalue weighted by atomic mass is 9.93. The summed E-state index contributed by atoms with van der Waals surface area (Å²) in [6.07, 6.45) is 2.80. The topological polar surface area (TPSA) is 104 Å². The highest BCUT2D eigenvalue weighted by molar-refractivity contribution is 7.15. The van der Waals surface area contributed by atoms with Crippen molar-refractivity contribution in [2.45, 2.75) is 32.6 Å². The van der Waals surface area contributed by atoms with Crippen LogP contribution in [-0.4, -0.2) is 45.9 Å². The van der Waals surface area contributed by atoms with Crippen LogP contribution >= 0.6 is 22.9 Å². The largest absolute Gasteiger partial charge is 0.337 e. The molecule has 4 rings (SSSR count). The van der Waals surface area contributed by atoms with Gasteiger partial charge >= 0.3 is 0 Å². The van der Waals surface area contributed by atoms with Crippen molar-refractivity contribution in [1.29, 1.82) is 0 Å². The summed E-state index contributed by atoms with van der Waals surface area (Å²) < 4.78 is 0. The smallest absolute Gasteiger partial charge is 0.286 e. The van der Waals surface area contributed by atoms with Gasteiger partial charge in [0.1, 0.15) is 0 Å². The molecule has 35 heavy (non-hydrogen) atoms. The number of rotatable bonds is 7. The quantitative estimate of drug-likeness (QED) is 0.470. The Labute approximate surface area is 212 Å². The van der Waals surface area contributed by atoms with Crippen molar-refractivity contribution < 1.29 is 14.4 Å². The minimum absolute atomic E-state index is 0.0107. The molecule has 8 nitrogen and oxygen atoms in total. The first-order valence-electron chi connectivity index (χ1n) is 11.5. The van der Waals surface area contributed by atoms with Crippen LogP contribution in [0.4, 0.5) is 11.4 Å². The zero-order valence-electron chi connectivity index (χ0n) is 19.3. The highest BCUT2D eigenvalue weighted by Crippen LogP contribution is 2.24. The molecule has 0 radical (unpaired) electrons. The van der Waals surface area contributed by atoms with Gasteiger partial charge in [0.25, 0.3) is 11.8 Å². The number of carbonyl (C=O) groups is 3. The molecule has 1 aliphatic rings. The van der Waals surface area contributed by atoms with Gasteiger partial charge in [-0.3, -0.25) is 14.4 Å². The number of aromatic nitrogens is 2. The maximum Gasteiger partial charge on any atom is 0.286 e. The van der Waals surface area contributed by atoms with Gasteiger partial charge in [-0.25, -0.2) is 0 Å². The third-order valence-corrected chi connectivity index (χ3v) is 7.06. The number of anilines is 2. The van der Waals surface area contributed by atoms with Crippen LogP contribution < -0.4 is 10.6 Å². The van der Waals surface area contributed by atoms with Gasteiger partial charge in [0, 0.05) is 35.9 Å². The van der Waals surface area contributed by atoms with Crippen molar-refractivity contribution in [3.63, 3.8) is 0 Å². The summed E-state index contributed by atoms with van der Waals surface area (Å²) in [5, 5.41) is 14.4. The Morgan fingerprint density at radius 1 is 1.00 bits per heavy atom. The molecule has 2 aromatic carbocycles. The Morgan fingerprint density at radius 2 is 1.71 bits per heavy atom. The Kier molecular flexibility index (Phi) is 8.09. The number of piperidine rings is 1. The first-order chi connectivity index (χ1) is 16.9. The van der Waals surface area contributed by atoms with E-state index in [1.165, 1.54) is 5.56 Å². The number of carbonyl (C=O) groups excluding carboxylic acids is 3. The Hall–Kier alpha value is -3.30. The Balaban J connectivity index is 1.26. The highest BCUT2D eigenvalue weighted by atomic mass is 35.5. The van der Waals surface area contributed by atoms with Gasteiger partial charge in [-0.2, -0.15) is 0 Å². The van der Waals surface area contributed by atoms with Crippen molar-refractivity contribution in [2.75, 3.05) is 23.7 Å². The van der Waals surface area contributed by atoms with E-state index in [0.717, 1.165) is 36.3 Å². The fourth-order valence-electron chi connectivity index (χ4n) is 3.94. The number of hydrogen-bond donors (Lipinski definition) is 2. The van der Waals surface area contributed by atoms with E-state index >= 15 is 0 Å². The maximum absolute atomic E-state index is 12.9. The van der Waals surface area contributed by atoms with Gasteiger partial charge in [0.05, 0.1) is 0 Å². The molecule has 0 saturated carbocycles. The number of halogens is 1. The zero-order chi connectivity index (χ0) is 24.8. The van der Waals surface area contributed by atoms with Gasteiger partial charge in [0.15, 0.2) is 0 Å². The van der Waals surface area contributed by atoms with Crippen LogP contribution in [0, 0.1) is 5.92 Å². The summed E-state index contributed by atoms with van der Waals surface area (Å²) in [6.45, 7) is 3.15. The molecule has 1 aliphatic heterocycles. The van der Waals surface area contributed by atoms with E-state index in [2.05, 4.69) is 27.8 Å². The number of aryl methyl sites for hydroxylation is 1. The first-order valence-corrected chi connectivity index (χ1v) is 12.7. The predicted octanol–water partition coefficient (Wildman–Crippen LogP) is 4.89. The molecular weight excluding hydrogens is 486 g/mol. The number of hydrogen-bond acceptors (Lipinski definition) is 6. The molecular formula is C25H26ClN5O3S. The lowest BCUT2D eigenvalue weighted by Gasteiger charge is -2.31. The van der Waals surface area contributed by atoms with E-state index in [9.17, 15) is 14.4 Å². The van der Waals surface area contributed by atoms with Crippen molar-refractivity contribution >= 4 is 52.0 Å². The van der Waals surface area contributed by atoms with Crippen molar-refractivity contribution in [3.05, 3.63) is 69.1 Å². The summed E-state index contributed by atoms with van der Waals surface area (Å²) >= 11 is 6.82. The van der Waals surface area contributed by atoms with Gasteiger partial charge < -0.3 is 15.5 Å². The van der Waals surface area contributed by atoms with Crippen LogP contribution in [0.15, 0.2) is 48.5 Å². The van der Waals surface area contributed by atoms with Crippen molar-refractivity contribution in [3.8, 4) is 0 Å². The SMILES string of the molecule is CCc1cccc(NC(=O)CC2CCN(C(=O)c3nnc(C(=O)Nc4ccc(Cl)cc4)s3)CC2)c1. The Morgan fingerprint density at radius 3 is 2.43 bits per heavy atom. The van der Waals surface area contributed by atoms with E-state index in [-0.39, 0.29) is 27.7 Å². The second-order valence-corrected chi connectivity index (χ2v) is 9.83. The molecule has 2 N–H and O–H groups in total. The van der Waals surface area contributed by atoms with Crippen LogP contribution in [0.2, 0.25) is 5.02 Å². The zero-order valence-corrected chi connectivity index (χ0v) is 20.9. The summed E-state index contributed by atoms with van der Waals surface area (Å²) in [5.41, 5.74) is 2.57. The summed E-state index contributed by atoms with van der Waals surface area (Å²) in [6, 6.07) is 14.6. The predicted molar refractivity (Wildman–Crippen MR) is 137 cm³/mol. The number of amides is 3. The van der Waals surface area contributed by atoms with Gasteiger partial charge in [-0.1, -0.05) is 42.0 Å². The molecule has 3 aromatic rings.